The smallest absolute Gasteiger partial charge is 0.255 e. The van der Waals surface area contributed by atoms with Crippen molar-refractivity contribution in [2.24, 2.45) is 0 Å². The van der Waals surface area contributed by atoms with E-state index >= 15 is 0 Å². The Hall–Kier alpha value is -2.73. The van der Waals surface area contributed by atoms with Gasteiger partial charge < -0.3 is 24.4 Å². The molecule has 6 nitrogen and oxygen atoms in total. The molecule has 0 aromatic heterocycles. The lowest BCUT2D eigenvalue weighted by Crippen LogP contribution is -2.48. The Morgan fingerprint density at radius 2 is 1.90 bits per heavy atom. The van der Waals surface area contributed by atoms with Crippen molar-refractivity contribution in [2.45, 2.75) is 37.8 Å². The molecule has 2 aliphatic rings. The fraction of sp³-hybridized carbons (Fsp3) is 0.458. The number of nitrogens with zero attached hydrogens (tertiary/aromatic N) is 1. The van der Waals surface area contributed by atoms with Crippen molar-refractivity contribution >= 4 is 11.6 Å². The van der Waals surface area contributed by atoms with Crippen molar-refractivity contribution < 1.29 is 19.0 Å². The van der Waals surface area contributed by atoms with E-state index in [1.165, 1.54) is 0 Å². The van der Waals surface area contributed by atoms with Crippen LogP contribution in [0.15, 0.2) is 48.5 Å². The minimum Gasteiger partial charge on any atom is -0.495 e. The maximum Gasteiger partial charge on any atom is 0.255 e. The van der Waals surface area contributed by atoms with Crippen molar-refractivity contribution in [3.05, 3.63) is 54.1 Å². The minimum absolute atomic E-state index is 0.0717. The van der Waals surface area contributed by atoms with Crippen molar-refractivity contribution in [1.82, 2.24) is 5.32 Å². The van der Waals surface area contributed by atoms with Crippen LogP contribution in [0, 0.1) is 0 Å². The summed E-state index contributed by atoms with van der Waals surface area (Å²) < 4.78 is 17.1. The molecule has 2 aromatic carbocycles. The predicted molar refractivity (Wildman–Crippen MR) is 117 cm³/mol. The number of carbonyl (C=O) groups excluding carboxylic acids is 1. The molecule has 0 aliphatic carbocycles. The number of methoxy groups -OCH3 is 1. The van der Waals surface area contributed by atoms with Gasteiger partial charge in [0.1, 0.15) is 18.1 Å². The highest BCUT2D eigenvalue weighted by atomic mass is 16.5. The first-order valence-corrected chi connectivity index (χ1v) is 10.8. The molecule has 0 radical (unpaired) electrons. The highest BCUT2D eigenvalue weighted by Gasteiger charge is 2.25. The summed E-state index contributed by atoms with van der Waals surface area (Å²) in [6.07, 6.45) is 4.17. The predicted octanol–water partition coefficient (Wildman–Crippen LogP) is 3.65. The third-order valence-corrected chi connectivity index (χ3v) is 5.76. The zero-order chi connectivity index (χ0) is 20.8. The Bertz CT molecular complexity index is 851. The number of hydrogen-bond donors (Lipinski definition) is 1. The van der Waals surface area contributed by atoms with Gasteiger partial charge in [0.15, 0.2) is 0 Å². The van der Waals surface area contributed by atoms with Crippen LogP contribution in [0.3, 0.4) is 0 Å². The van der Waals surface area contributed by atoms with E-state index in [1.807, 2.05) is 42.5 Å². The van der Waals surface area contributed by atoms with Crippen LogP contribution in [0.5, 0.6) is 11.5 Å². The maximum atomic E-state index is 13.0. The zero-order valence-electron chi connectivity index (χ0n) is 17.5. The lowest BCUT2D eigenvalue weighted by atomic mass is 10.0. The van der Waals surface area contributed by atoms with E-state index in [1.54, 1.807) is 7.11 Å². The Balaban J connectivity index is 1.40. The molecule has 30 heavy (non-hydrogen) atoms. The molecule has 2 atom stereocenters. The second-order valence-electron chi connectivity index (χ2n) is 7.87. The second-order valence-corrected chi connectivity index (χ2v) is 7.87. The van der Waals surface area contributed by atoms with Crippen LogP contribution in [-0.2, 0) is 4.74 Å². The van der Waals surface area contributed by atoms with Gasteiger partial charge in [0.2, 0.25) is 0 Å². The maximum absolute atomic E-state index is 13.0. The molecule has 0 spiro atoms. The topological polar surface area (TPSA) is 60.0 Å². The first-order chi connectivity index (χ1) is 14.7. The number of carbonyl (C=O) groups is 1. The molecule has 6 heteroatoms. The number of ether oxygens (including phenoxy) is 3. The Labute approximate surface area is 178 Å². The highest BCUT2D eigenvalue weighted by molar-refractivity contribution is 5.97. The van der Waals surface area contributed by atoms with Gasteiger partial charge in [-0.2, -0.15) is 0 Å². The van der Waals surface area contributed by atoms with Crippen LogP contribution < -0.4 is 19.7 Å². The van der Waals surface area contributed by atoms with E-state index in [9.17, 15) is 4.79 Å². The van der Waals surface area contributed by atoms with Gasteiger partial charge in [0.05, 0.1) is 24.5 Å². The molecular formula is C24H30N2O4. The quantitative estimate of drug-likeness (QED) is 0.755. The van der Waals surface area contributed by atoms with Crippen LogP contribution in [0.1, 0.15) is 36.0 Å². The SMILES string of the molecule is COc1ccccc1N1CCCC(NC(=O)c2ccccc2OCC2CCCO2)C1. The standard InChI is InChI=1S/C24H30N2O4/c1-28-23-13-5-3-11-21(23)26-14-6-8-18(16-26)25-24(27)20-10-2-4-12-22(20)30-17-19-9-7-15-29-19/h2-5,10-13,18-19H,6-9,14-17H2,1H3,(H,25,27). The number of nitrogens with one attached hydrogen (secondary N) is 1. The molecular weight excluding hydrogens is 380 g/mol. The fourth-order valence-corrected chi connectivity index (χ4v) is 4.21. The van der Waals surface area contributed by atoms with Crippen molar-refractivity contribution in [1.29, 1.82) is 0 Å². The summed E-state index contributed by atoms with van der Waals surface area (Å²) >= 11 is 0. The third kappa shape index (κ3) is 4.87. The molecule has 1 amide bonds. The van der Waals surface area contributed by atoms with E-state index in [0.717, 1.165) is 56.8 Å². The van der Waals surface area contributed by atoms with E-state index in [0.29, 0.717) is 17.9 Å². The van der Waals surface area contributed by atoms with Gasteiger partial charge in [0.25, 0.3) is 5.91 Å². The summed E-state index contributed by atoms with van der Waals surface area (Å²) in [4.78, 5) is 15.3. The zero-order valence-corrected chi connectivity index (χ0v) is 17.5. The molecule has 2 saturated heterocycles. The van der Waals surface area contributed by atoms with Crippen LogP contribution in [-0.4, -0.2) is 51.5 Å². The fourth-order valence-electron chi connectivity index (χ4n) is 4.21. The molecule has 0 saturated carbocycles. The highest BCUT2D eigenvalue weighted by Crippen LogP contribution is 2.30. The number of hydrogen-bond acceptors (Lipinski definition) is 5. The first-order valence-electron chi connectivity index (χ1n) is 10.8. The van der Waals surface area contributed by atoms with Crippen molar-refractivity contribution in [3.63, 3.8) is 0 Å². The lowest BCUT2D eigenvalue weighted by molar-refractivity contribution is 0.0670. The van der Waals surface area contributed by atoms with E-state index in [2.05, 4.69) is 16.3 Å². The molecule has 160 valence electrons. The van der Waals surface area contributed by atoms with Gasteiger partial charge in [-0.05, 0) is 49.9 Å². The third-order valence-electron chi connectivity index (χ3n) is 5.76. The van der Waals surface area contributed by atoms with Gasteiger partial charge in [0, 0.05) is 25.7 Å². The summed E-state index contributed by atoms with van der Waals surface area (Å²) in [5.74, 6) is 1.38. The van der Waals surface area contributed by atoms with Gasteiger partial charge >= 0.3 is 0 Å². The largest absolute Gasteiger partial charge is 0.495 e. The van der Waals surface area contributed by atoms with Gasteiger partial charge in [-0.15, -0.1) is 0 Å². The number of para-hydroxylation sites is 3. The minimum atomic E-state index is -0.0928. The molecule has 1 N–H and O–H groups in total. The Morgan fingerprint density at radius 1 is 1.10 bits per heavy atom. The summed E-state index contributed by atoms with van der Waals surface area (Å²) in [6, 6.07) is 15.5. The number of anilines is 1. The normalized spacial score (nSPS) is 21.3. The Morgan fingerprint density at radius 3 is 2.70 bits per heavy atom. The molecule has 4 rings (SSSR count). The van der Waals surface area contributed by atoms with E-state index in [4.69, 9.17) is 14.2 Å². The summed E-state index contributed by atoms with van der Waals surface area (Å²) in [5.41, 5.74) is 1.64. The van der Waals surface area contributed by atoms with E-state index in [-0.39, 0.29) is 18.1 Å². The second kappa shape index (κ2) is 9.85. The Kier molecular flexibility index (Phi) is 6.74. The molecule has 2 heterocycles. The van der Waals surface area contributed by atoms with Crippen LogP contribution >= 0.6 is 0 Å². The molecule has 2 aromatic rings. The van der Waals surface area contributed by atoms with Gasteiger partial charge in [-0.3, -0.25) is 4.79 Å². The van der Waals surface area contributed by atoms with Crippen molar-refractivity contribution in [2.75, 3.05) is 38.3 Å². The number of rotatable bonds is 7. The summed E-state index contributed by atoms with van der Waals surface area (Å²) in [6.45, 7) is 2.98. The molecule has 2 unspecified atom stereocenters. The summed E-state index contributed by atoms with van der Waals surface area (Å²) in [7, 11) is 1.69. The lowest BCUT2D eigenvalue weighted by Gasteiger charge is -2.35. The summed E-state index contributed by atoms with van der Waals surface area (Å²) in [5, 5.41) is 3.21. The van der Waals surface area contributed by atoms with Crippen LogP contribution in [0.4, 0.5) is 5.69 Å². The molecule has 0 bridgehead atoms. The van der Waals surface area contributed by atoms with Crippen LogP contribution in [0.2, 0.25) is 0 Å². The average molecular weight is 411 g/mol. The van der Waals surface area contributed by atoms with Gasteiger partial charge in [-0.1, -0.05) is 24.3 Å². The first kappa shape index (κ1) is 20.5. The molecule has 2 fully saturated rings. The molecule has 2 aliphatic heterocycles. The monoisotopic (exact) mass is 410 g/mol. The van der Waals surface area contributed by atoms with Crippen molar-refractivity contribution in [3.8, 4) is 11.5 Å². The number of amides is 1. The average Bonchev–Trinajstić information content (AvgIpc) is 3.32. The number of piperidine rings is 1. The number of benzene rings is 2. The van der Waals surface area contributed by atoms with Gasteiger partial charge in [-0.25, -0.2) is 0 Å². The van der Waals surface area contributed by atoms with E-state index < -0.39 is 0 Å². The van der Waals surface area contributed by atoms with Crippen LogP contribution in [0.25, 0.3) is 0 Å².